The lowest BCUT2D eigenvalue weighted by Gasteiger charge is -2.29. The first kappa shape index (κ1) is 12.6. The number of hydrogen-bond acceptors (Lipinski definition) is 3. The SMILES string of the molecule is CON(C)C(=O)/C=C1\CCN(C)c2ccccc21. The highest BCUT2D eigenvalue weighted by atomic mass is 16.7. The lowest BCUT2D eigenvalue weighted by atomic mass is 9.96. The molecule has 96 valence electrons. The summed E-state index contributed by atoms with van der Waals surface area (Å²) in [5.74, 6) is -0.133. The van der Waals surface area contributed by atoms with Gasteiger partial charge in [-0.2, -0.15) is 0 Å². The summed E-state index contributed by atoms with van der Waals surface area (Å²) in [4.78, 5) is 18.9. The van der Waals surface area contributed by atoms with Gasteiger partial charge < -0.3 is 4.90 Å². The lowest BCUT2D eigenvalue weighted by Crippen LogP contribution is -2.26. The molecular weight excluding hydrogens is 228 g/mol. The zero-order valence-corrected chi connectivity index (χ0v) is 11.0. The molecule has 1 aromatic rings. The fraction of sp³-hybridized carbons (Fsp3) is 0.357. The number of carbonyl (C=O) groups excluding carboxylic acids is 1. The molecule has 1 amide bonds. The van der Waals surface area contributed by atoms with Crippen molar-refractivity contribution in [3.63, 3.8) is 0 Å². The van der Waals surface area contributed by atoms with Gasteiger partial charge in [-0.1, -0.05) is 18.2 Å². The van der Waals surface area contributed by atoms with Gasteiger partial charge >= 0.3 is 0 Å². The number of rotatable bonds is 2. The molecule has 0 aliphatic carbocycles. The molecule has 4 heteroatoms. The molecule has 0 saturated carbocycles. The Kier molecular flexibility index (Phi) is 3.67. The van der Waals surface area contributed by atoms with E-state index < -0.39 is 0 Å². The van der Waals surface area contributed by atoms with Gasteiger partial charge in [-0.05, 0) is 18.1 Å². The molecule has 4 nitrogen and oxygen atoms in total. The van der Waals surface area contributed by atoms with Crippen molar-refractivity contribution in [3.05, 3.63) is 35.9 Å². The molecule has 0 N–H and O–H groups in total. The third-order valence-corrected chi connectivity index (χ3v) is 3.26. The first-order valence-electron chi connectivity index (χ1n) is 5.96. The molecule has 0 fully saturated rings. The monoisotopic (exact) mass is 246 g/mol. The Labute approximate surface area is 107 Å². The van der Waals surface area contributed by atoms with Crippen molar-refractivity contribution < 1.29 is 9.63 Å². The van der Waals surface area contributed by atoms with Crippen LogP contribution in [0.15, 0.2) is 30.3 Å². The fourth-order valence-electron chi connectivity index (χ4n) is 2.10. The molecule has 1 aliphatic rings. The quantitative estimate of drug-likeness (QED) is 0.590. The molecular formula is C14H18N2O2. The average molecular weight is 246 g/mol. The van der Waals surface area contributed by atoms with Crippen molar-refractivity contribution in [1.82, 2.24) is 5.06 Å². The first-order chi connectivity index (χ1) is 8.63. The summed E-state index contributed by atoms with van der Waals surface area (Å²) in [6, 6.07) is 8.14. The summed E-state index contributed by atoms with van der Waals surface area (Å²) in [6.07, 6.45) is 2.53. The Balaban J connectivity index is 2.34. The minimum Gasteiger partial charge on any atom is -0.374 e. The molecule has 1 aliphatic heterocycles. The van der Waals surface area contributed by atoms with Crippen molar-refractivity contribution in [2.45, 2.75) is 6.42 Å². The highest BCUT2D eigenvalue weighted by Gasteiger charge is 2.18. The van der Waals surface area contributed by atoms with E-state index in [0.717, 1.165) is 24.1 Å². The van der Waals surface area contributed by atoms with E-state index in [1.54, 1.807) is 13.1 Å². The standard InChI is InChI=1S/C14H18N2O2/c1-15-9-8-11(10-14(17)16(2)18-3)12-6-4-5-7-13(12)15/h4-7,10H,8-9H2,1-3H3/b11-10+. The van der Waals surface area contributed by atoms with Crippen LogP contribution in [0.3, 0.4) is 0 Å². The van der Waals surface area contributed by atoms with Crippen LogP contribution in [-0.2, 0) is 9.63 Å². The number of fused-ring (bicyclic) bond motifs is 1. The number of nitrogens with zero attached hydrogens (tertiary/aromatic N) is 2. The molecule has 0 atom stereocenters. The van der Waals surface area contributed by atoms with Gasteiger partial charge in [0, 0.05) is 38.0 Å². The number of benzene rings is 1. The molecule has 0 radical (unpaired) electrons. The first-order valence-corrected chi connectivity index (χ1v) is 5.96. The van der Waals surface area contributed by atoms with Crippen LogP contribution in [0.25, 0.3) is 5.57 Å². The second kappa shape index (κ2) is 5.23. The Bertz CT molecular complexity index is 482. The zero-order chi connectivity index (χ0) is 13.1. The van der Waals surface area contributed by atoms with Gasteiger partial charge in [-0.25, -0.2) is 5.06 Å². The van der Waals surface area contributed by atoms with Crippen molar-refractivity contribution in [1.29, 1.82) is 0 Å². The van der Waals surface area contributed by atoms with Gasteiger partial charge in [-0.15, -0.1) is 0 Å². The van der Waals surface area contributed by atoms with E-state index in [9.17, 15) is 4.79 Å². The van der Waals surface area contributed by atoms with E-state index in [4.69, 9.17) is 4.84 Å². The van der Waals surface area contributed by atoms with E-state index in [1.165, 1.54) is 17.9 Å². The van der Waals surface area contributed by atoms with Crippen molar-refractivity contribution >= 4 is 17.2 Å². The van der Waals surface area contributed by atoms with Gasteiger partial charge in [-0.3, -0.25) is 9.63 Å². The third-order valence-electron chi connectivity index (χ3n) is 3.26. The van der Waals surface area contributed by atoms with Gasteiger partial charge in [0.1, 0.15) is 0 Å². The molecule has 0 unspecified atom stereocenters. The second-order valence-corrected chi connectivity index (χ2v) is 4.38. The van der Waals surface area contributed by atoms with Crippen LogP contribution in [0, 0.1) is 0 Å². The number of likely N-dealkylation sites (N-methyl/N-ethyl adjacent to an activating group) is 1. The second-order valence-electron chi connectivity index (χ2n) is 4.38. The molecule has 0 bridgehead atoms. The maximum absolute atomic E-state index is 11.8. The minimum atomic E-state index is -0.133. The normalized spacial score (nSPS) is 16.6. The summed E-state index contributed by atoms with van der Waals surface area (Å²) >= 11 is 0. The van der Waals surface area contributed by atoms with Crippen LogP contribution < -0.4 is 4.90 Å². The molecule has 1 heterocycles. The highest BCUT2D eigenvalue weighted by Crippen LogP contribution is 2.33. The Morgan fingerprint density at radius 2 is 2.17 bits per heavy atom. The summed E-state index contributed by atoms with van der Waals surface area (Å²) in [7, 11) is 5.16. The van der Waals surface area contributed by atoms with Gasteiger partial charge in [0.05, 0.1) is 7.11 Å². The molecule has 0 aromatic heterocycles. The minimum absolute atomic E-state index is 0.133. The maximum atomic E-state index is 11.8. The van der Waals surface area contributed by atoms with Crippen LogP contribution in [0.5, 0.6) is 0 Å². The molecule has 0 spiro atoms. The Morgan fingerprint density at radius 1 is 1.44 bits per heavy atom. The van der Waals surface area contributed by atoms with Crippen LogP contribution in [0.1, 0.15) is 12.0 Å². The molecule has 1 aromatic carbocycles. The maximum Gasteiger partial charge on any atom is 0.270 e. The zero-order valence-electron chi connectivity index (χ0n) is 11.0. The van der Waals surface area contributed by atoms with Gasteiger partial charge in [0.25, 0.3) is 5.91 Å². The summed E-state index contributed by atoms with van der Waals surface area (Å²) < 4.78 is 0. The summed E-state index contributed by atoms with van der Waals surface area (Å²) in [6.45, 7) is 0.923. The third kappa shape index (κ3) is 2.38. The number of anilines is 1. The number of para-hydroxylation sites is 1. The van der Waals surface area contributed by atoms with Crippen molar-refractivity contribution in [2.24, 2.45) is 0 Å². The Hall–Kier alpha value is -1.81. The molecule has 0 saturated heterocycles. The topological polar surface area (TPSA) is 32.8 Å². The average Bonchev–Trinajstić information content (AvgIpc) is 2.41. The van der Waals surface area contributed by atoms with E-state index in [0.29, 0.717) is 0 Å². The van der Waals surface area contributed by atoms with Crippen molar-refractivity contribution in [3.8, 4) is 0 Å². The van der Waals surface area contributed by atoms with Gasteiger partial charge in [0.2, 0.25) is 0 Å². The van der Waals surface area contributed by atoms with Crippen LogP contribution in [0.4, 0.5) is 5.69 Å². The summed E-state index contributed by atoms with van der Waals surface area (Å²) in [5.41, 5.74) is 3.37. The highest BCUT2D eigenvalue weighted by molar-refractivity contribution is 5.96. The number of amides is 1. The van der Waals surface area contributed by atoms with Crippen LogP contribution >= 0.6 is 0 Å². The smallest absolute Gasteiger partial charge is 0.270 e. The largest absolute Gasteiger partial charge is 0.374 e. The fourth-order valence-corrected chi connectivity index (χ4v) is 2.10. The lowest BCUT2D eigenvalue weighted by molar-refractivity contribution is -0.162. The van der Waals surface area contributed by atoms with Gasteiger partial charge in [0.15, 0.2) is 0 Å². The van der Waals surface area contributed by atoms with Crippen LogP contribution in [-0.4, -0.2) is 38.7 Å². The molecule has 2 rings (SSSR count). The predicted octanol–water partition coefficient (Wildman–Crippen LogP) is 1.93. The Morgan fingerprint density at radius 3 is 2.89 bits per heavy atom. The van der Waals surface area contributed by atoms with E-state index >= 15 is 0 Å². The van der Waals surface area contributed by atoms with E-state index in [1.807, 2.05) is 12.1 Å². The van der Waals surface area contributed by atoms with Crippen LogP contribution in [0.2, 0.25) is 0 Å². The van der Waals surface area contributed by atoms with Crippen molar-refractivity contribution in [2.75, 3.05) is 32.6 Å². The van der Waals surface area contributed by atoms with E-state index in [-0.39, 0.29) is 5.91 Å². The number of hydroxylamine groups is 2. The predicted molar refractivity (Wildman–Crippen MR) is 72.1 cm³/mol. The number of hydrogen-bond donors (Lipinski definition) is 0. The van der Waals surface area contributed by atoms with E-state index in [2.05, 4.69) is 24.1 Å². The summed E-state index contributed by atoms with van der Waals surface area (Å²) in [5, 5.41) is 1.23. The molecule has 18 heavy (non-hydrogen) atoms. The number of carbonyl (C=O) groups is 1.